The van der Waals surface area contributed by atoms with Gasteiger partial charge in [0.25, 0.3) is 0 Å². The highest BCUT2D eigenvalue weighted by atomic mass is 32.2. The van der Waals surface area contributed by atoms with Crippen LogP contribution >= 0.6 is 11.8 Å². The van der Waals surface area contributed by atoms with Crippen LogP contribution in [0.25, 0.3) is 0 Å². The summed E-state index contributed by atoms with van der Waals surface area (Å²) in [5.74, 6) is 0. The second-order valence-electron chi connectivity index (χ2n) is 1.16. The highest BCUT2D eigenvalue weighted by molar-refractivity contribution is 8.14. The molecule has 0 amide bonds. The minimum atomic E-state index is -1.37. The van der Waals surface area contributed by atoms with Gasteiger partial charge in [-0.3, -0.25) is 5.41 Å². The van der Waals surface area contributed by atoms with E-state index in [1.54, 1.807) is 0 Å². The van der Waals surface area contributed by atoms with Crippen molar-refractivity contribution in [3.63, 3.8) is 0 Å². The summed E-state index contributed by atoms with van der Waals surface area (Å²) in [6.07, 6.45) is 0. The molecule has 0 fully saturated rings. The third-order valence-electron chi connectivity index (χ3n) is 0.388. The van der Waals surface area contributed by atoms with Crippen molar-refractivity contribution in [3.8, 4) is 0 Å². The fraction of sp³-hybridized carbons (Fsp3) is 0.500. The summed E-state index contributed by atoms with van der Waals surface area (Å²) in [6, 6.07) is 0. The van der Waals surface area contributed by atoms with E-state index in [1.165, 1.54) is 0 Å². The van der Waals surface area contributed by atoms with Crippen molar-refractivity contribution >= 4 is 24.0 Å². The second-order valence-corrected chi connectivity index (χ2v) is 2.22. The van der Waals surface area contributed by atoms with Crippen LogP contribution in [0.3, 0.4) is 0 Å². The minimum Gasteiger partial charge on any atom is -0.427 e. The summed E-state index contributed by atoms with van der Waals surface area (Å²) in [7, 11) is -1.37. The average molecular weight is 134 g/mol. The molecule has 0 aliphatic heterocycles. The van der Waals surface area contributed by atoms with Crippen LogP contribution in [0.1, 0.15) is 0 Å². The Hall–Kier alpha value is -0.195. The molecule has 46 valence electrons. The van der Waals surface area contributed by atoms with Crippen LogP contribution in [0.15, 0.2) is 0 Å². The summed E-state index contributed by atoms with van der Waals surface area (Å²) in [5, 5.41) is 22.9. The third kappa shape index (κ3) is 5.80. The molecule has 0 rings (SSSR count). The molecule has 0 aliphatic rings. The monoisotopic (exact) mass is 134 g/mol. The second kappa shape index (κ2) is 3.76. The SMILES string of the molecule is N=C(N)SCB(O)O. The first kappa shape index (κ1) is 7.80. The van der Waals surface area contributed by atoms with Crippen LogP contribution in [0.2, 0.25) is 0 Å². The Kier molecular flexibility index (Phi) is 3.67. The molecule has 0 radical (unpaired) electrons. The van der Waals surface area contributed by atoms with Crippen LogP contribution in [0, 0.1) is 5.41 Å². The van der Waals surface area contributed by atoms with Gasteiger partial charge >= 0.3 is 7.12 Å². The molecule has 5 N–H and O–H groups in total. The molecular formula is C2H7BN2O2S. The zero-order valence-electron chi connectivity index (χ0n) is 4.16. The van der Waals surface area contributed by atoms with Gasteiger partial charge < -0.3 is 15.8 Å². The molecule has 6 heteroatoms. The summed E-state index contributed by atoms with van der Waals surface area (Å²) < 4.78 is 0. The Morgan fingerprint density at radius 3 is 2.38 bits per heavy atom. The van der Waals surface area contributed by atoms with E-state index in [-0.39, 0.29) is 10.8 Å². The van der Waals surface area contributed by atoms with Gasteiger partial charge in [0.1, 0.15) is 0 Å². The van der Waals surface area contributed by atoms with Crippen molar-refractivity contribution in [3.05, 3.63) is 0 Å². The van der Waals surface area contributed by atoms with Crippen molar-refractivity contribution in [1.82, 2.24) is 0 Å². The lowest BCUT2D eigenvalue weighted by atomic mass is 9.98. The first-order chi connectivity index (χ1) is 3.63. The Morgan fingerprint density at radius 2 is 2.25 bits per heavy atom. The highest BCUT2D eigenvalue weighted by Crippen LogP contribution is 1.95. The van der Waals surface area contributed by atoms with Gasteiger partial charge in [0.05, 0.1) is 0 Å². The van der Waals surface area contributed by atoms with E-state index in [2.05, 4.69) is 0 Å². The van der Waals surface area contributed by atoms with Crippen LogP contribution in [0.4, 0.5) is 0 Å². The van der Waals surface area contributed by atoms with Gasteiger partial charge in [-0.25, -0.2) is 0 Å². The maximum Gasteiger partial charge on any atom is 0.462 e. The van der Waals surface area contributed by atoms with Gasteiger partial charge in [-0.15, -0.1) is 0 Å². The molecule has 0 aromatic carbocycles. The zero-order valence-corrected chi connectivity index (χ0v) is 4.98. The first-order valence-electron chi connectivity index (χ1n) is 1.96. The smallest absolute Gasteiger partial charge is 0.427 e. The van der Waals surface area contributed by atoms with E-state index < -0.39 is 7.12 Å². The molecule has 0 aromatic rings. The van der Waals surface area contributed by atoms with Crippen molar-refractivity contribution in [2.75, 3.05) is 5.65 Å². The molecule has 0 atom stereocenters. The van der Waals surface area contributed by atoms with E-state index >= 15 is 0 Å². The minimum absolute atomic E-state index is 0.0648. The van der Waals surface area contributed by atoms with Crippen LogP contribution in [-0.2, 0) is 0 Å². The number of hydrogen-bond acceptors (Lipinski definition) is 4. The fourth-order valence-corrected chi connectivity index (χ4v) is 0.493. The average Bonchev–Trinajstić information content (AvgIpc) is 1.61. The Bertz CT molecular complexity index is 88.1. The quantitative estimate of drug-likeness (QED) is 0.213. The fourth-order valence-electron chi connectivity index (χ4n) is 0.164. The molecule has 0 saturated heterocycles. The number of nitrogens with one attached hydrogen (secondary N) is 1. The molecule has 0 heterocycles. The van der Waals surface area contributed by atoms with Gasteiger partial charge in [-0.2, -0.15) is 0 Å². The van der Waals surface area contributed by atoms with Crippen molar-refractivity contribution in [2.45, 2.75) is 0 Å². The molecule has 0 unspecified atom stereocenters. The van der Waals surface area contributed by atoms with Gasteiger partial charge in [-0.05, 0) is 0 Å². The zero-order chi connectivity index (χ0) is 6.57. The van der Waals surface area contributed by atoms with Crippen LogP contribution in [0.5, 0.6) is 0 Å². The summed E-state index contributed by atoms with van der Waals surface area (Å²) in [5.41, 5.74) is 4.93. The Balaban J connectivity index is 3.05. The maximum absolute atomic E-state index is 8.18. The van der Waals surface area contributed by atoms with Crippen LogP contribution in [-0.4, -0.2) is 28.0 Å². The summed E-state index contributed by atoms with van der Waals surface area (Å²) in [6.45, 7) is 0. The van der Waals surface area contributed by atoms with Gasteiger partial charge in [-0.1, -0.05) is 11.8 Å². The molecule has 4 nitrogen and oxygen atoms in total. The summed E-state index contributed by atoms with van der Waals surface area (Å²) >= 11 is 0.900. The maximum atomic E-state index is 8.18. The number of amidine groups is 1. The van der Waals surface area contributed by atoms with Gasteiger partial charge in [0.2, 0.25) is 0 Å². The molecular weight excluding hydrogens is 127 g/mol. The molecule has 0 saturated carbocycles. The van der Waals surface area contributed by atoms with Gasteiger partial charge in [0.15, 0.2) is 5.17 Å². The predicted octanol–water partition coefficient (Wildman–Crippen LogP) is -1.37. The largest absolute Gasteiger partial charge is 0.462 e. The third-order valence-corrected chi connectivity index (χ3v) is 1.16. The Morgan fingerprint density at radius 1 is 1.75 bits per heavy atom. The van der Waals surface area contributed by atoms with Gasteiger partial charge in [0, 0.05) is 5.65 Å². The lowest BCUT2D eigenvalue weighted by Gasteiger charge is -1.93. The number of rotatable bonds is 2. The molecule has 0 aromatic heterocycles. The molecule has 0 aliphatic carbocycles. The highest BCUT2D eigenvalue weighted by Gasteiger charge is 2.05. The van der Waals surface area contributed by atoms with E-state index in [9.17, 15) is 0 Å². The number of nitrogens with two attached hydrogens (primary N) is 1. The lowest BCUT2D eigenvalue weighted by Crippen LogP contribution is -2.18. The Labute approximate surface area is 51.7 Å². The van der Waals surface area contributed by atoms with Crippen LogP contribution < -0.4 is 5.73 Å². The van der Waals surface area contributed by atoms with E-state index in [4.69, 9.17) is 21.2 Å². The number of thioether (sulfide) groups is 1. The lowest BCUT2D eigenvalue weighted by molar-refractivity contribution is 0.415. The van der Waals surface area contributed by atoms with Crippen molar-refractivity contribution in [1.29, 1.82) is 5.41 Å². The van der Waals surface area contributed by atoms with E-state index in [0.29, 0.717) is 0 Å². The summed E-state index contributed by atoms with van der Waals surface area (Å²) in [4.78, 5) is 0. The van der Waals surface area contributed by atoms with E-state index in [0.717, 1.165) is 11.8 Å². The first-order valence-corrected chi connectivity index (χ1v) is 2.94. The number of hydrogen-bond donors (Lipinski definition) is 4. The van der Waals surface area contributed by atoms with Crippen molar-refractivity contribution < 1.29 is 10.0 Å². The molecule has 0 spiro atoms. The van der Waals surface area contributed by atoms with E-state index in [1.807, 2.05) is 0 Å². The normalized spacial score (nSPS) is 8.75. The topological polar surface area (TPSA) is 90.3 Å². The molecule has 0 bridgehead atoms. The molecule has 8 heavy (non-hydrogen) atoms. The predicted molar refractivity (Wildman–Crippen MR) is 34.6 cm³/mol. The van der Waals surface area contributed by atoms with Crippen molar-refractivity contribution in [2.24, 2.45) is 5.73 Å². The standard InChI is InChI=1S/C2H7BN2O2S/c4-2(5)8-1-3(6)7/h6-7H,1H2,(H3,4,5).